The molecule has 2 aromatic rings. The molecule has 1 heterocycles. The second-order valence-electron chi connectivity index (χ2n) is 11.0. The lowest BCUT2D eigenvalue weighted by atomic mass is 9.68. The van der Waals surface area contributed by atoms with E-state index < -0.39 is 0 Å². The van der Waals surface area contributed by atoms with Gasteiger partial charge in [-0.3, -0.25) is 4.79 Å². The Morgan fingerprint density at radius 2 is 1.77 bits per heavy atom. The normalized spacial score (nSPS) is 20.1. The first kappa shape index (κ1) is 22.1. The lowest BCUT2D eigenvalue weighted by molar-refractivity contribution is -0.118. The van der Waals surface area contributed by atoms with Crippen LogP contribution in [-0.4, -0.2) is 19.9 Å². The standard InChI is InChI=1S/C27H33BrN2O/c1-26(2,3)17-9-10-21-18(13-17)19-14-27(4,5)15-23(31)24(19)25(29-21)16-8-11-22(30(6)7)20(28)12-16/h8-13,25,29H,14-15H2,1-7H3. The highest BCUT2D eigenvalue weighted by Gasteiger charge is 2.40. The van der Waals surface area contributed by atoms with E-state index in [1.54, 1.807) is 0 Å². The quantitative estimate of drug-likeness (QED) is 0.496. The van der Waals surface area contributed by atoms with Crippen LogP contribution in [0.1, 0.15) is 70.2 Å². The molecule has 1 aliphatic carbocycles. The van der Waals surface area contributed by atoms with Crippen LogP contribution < -0.4 is 10.2 Å². The Morgan fingerprint density at radius 3 is 2.39 bits per heavy atom. The van der Waals surface area contributed by atoms with Gasteiger partial charge in [-0.1, -0.05) is 46.8 Å². The van der Waals surface area contributed by atoms with Crippen molar-refractivity contribution >= 4 is 38.7 Å². The smallest absolute Gasteiger partial charge is 0.162 e. The molecule has 1 N–H and O–H groups in total. The summed E-state index contributed by atoms with van der Waals surface area (Å²) < 4.78 is 1.04. The summed E-state index contributed by atoms with van der Waals surface area (Å²) in [5, 5.41) is 3.71. The van der Waals surface area contributed by atoms with Crippen molar-refractivity contribution in [1.82, 2.24) is 0 Å². The minimum Gasteiger partial charge on any atom is -0.377 e. The Balaban J connectivity index is 1.90. The summed E-state index contributed by atoms with van der Waals surface area (Å²) in [6.07, 6.45) is 1.51. The van der Waals surface area contributed by atoms with Gasteiger partial charge >= 0.3 is 0 Å². The molecule has 164 valence electrons. The Bertz CT molecular complexity index is 1090. The van der Waals surface area contributed by atoms with E-state index in [4.69, 9.17) is 0 Å². The van der Waals surface area contributed by atoms with Crippen LogP contribution in [0.2, 0.25) is 0 Å². The first-order chi connectivity index (χ1) is 14.4. The molecule has 0 saturated heterocycles. The van der Waals surface area contributed by atoms with Gasteiger partial charge in [0.1, 0.15) is 0 Å². The fraction of sp³-hybridized carbons (Fsp3) is 0.444. The molecule has 4 rings (SSSR count). The molecule has 1 atom stereocenters. The van der Waals surface area contributed by atoms with Crippen molar-refractivity contribution in [2.75, 3.05) is 24.3 Å². The average molecular weight is 481 g/mol. The van der Waals surface area contributed by atoms with Crippen LogP contribution in [0.15, 0.2) is 46.4 Å². The molecule has 1 aliphatic heterocycles. The predicted octanol–water partition coefficient (Wildman–Crippen LogP) is 7.12. The van der Waals surface area contributed by atoms with Crippen molar-refractivity contribution in [2.45, 2.75) is 58.9 Å². The Hall–Kier alpha value is -2.07. The molecule has 2 aliphatic rings. The van der Waals surface area contributed by atoms with Gasteiger partial charge in [0, 0.05) is 41.8 Å². The van der Waals surface area contributed by atoms with E-state index in [0.29, 0.717) is 6.42 Å². The second kappa shape index (κ2) is 7.51. The minimum atomic E-state index is -0.126. The number of halogens is 1. The SMILES string of the molecule is CN(C)c1ccc(C2Nc3ccc(C(C)(C)C)cc3C3=C2C(=O)CC(C)(C)C3)cc1Br. The van der Waals surface area contributed by atoms with Gasteiger partial charge in [0.2, 0.25) is 0 Å². The number of carbonyl (C=O) groups excluding carboxylic acids is 1. The molecule has 2 aromatic carbocycles. The highest BCUT2D eigenvalue weighted by Crippen LogP contribution is 2.51. The Morgan fingerprint density at radius 1 is 1.06 bits per heavy atom. The summed E-state index contributed by atoms with van der Waals surface area (Å²) in [4.78, 5) is 15.5. The number of ketones is 1. The van der Waals surface area contributed by atoms with Crippen molar-refractivity contribution in [1.29, 1.82) is 0 Å². The van der Waals surface area contributed by atoms with E-state index in [2.05, 4.69) is 97.2 Å². The highest BCUT2D eigenvalue weighted by molar-refractivity contribution is 9.10. The topological polar surface area (TPSA) is 32.3 Å². The molecule has 3 nitrogen and oxygen atoms in total. The Kier molecular flexibility index (Phi) is 5.36. The largest absolute Gasteiger partial charge is 0.377 e. The molecule has 0 saturated carbocycles. The van der Waals surface area contributed by atoms with E-state index in [1.165, 1.54) is 16.7 Å². The molecule has 0 aromatic heterocycles. The number of allylic oxidation sites excluding steroid dienone is 1. The number of carbonyl (C=O) groups is 1. The number of hydrogen-bond acceptors (Lipinski definition) is 3. The van der Waals surface area contributed by atoms with Gasteiger partial charge in [-0.15, -0.1) is 0 Å². The van der Waals surface area contributed by atoms with Crippen LogP contribution >= 0.6 is 15.9 Å². The first-order valence-electron chi connectivity index (χ1n) is 11.0. The summed E-state index contributed by atoms with van der Waals surface area (Å²) in [6.45, 7) is 11.1. The van der Waals surface area contributed by atoms with Crippen LogP contribution in [0, 0.1) is 5.41 Å². The van der Waals surface area contributed by atoms with Gasteiger partial charge < -0.3 is 10.2 Å². The third-order valence-corrected chi connectivity index (χ3v) is 7.14. The van der Waals surface area contributed by atoms with E-state index in [-0.39, 0.29) is 22.7 Å². The van der Waals surface area contributed by atoms with Crippen molar-refractivity contribution in [3.63, 3.8) is 0 Å². The van der Waals surface area contributed by atoms with Gasteiger partial charge in [-0.2, -0.15) is 0 Å². The van der Waals surface area contributed by atoms with Crippen LogP contribution in [-0.2, 0) is 10.2 Å². The second-order valence-corrected chi connectivity index (χ2v) is 11.9. The van der Waals surface area contributed by atoms with Crippen LogP contribution in [0.5, 0.6) is 0 Å². The minimum absolute atomic E-state index is 0.0256. The molecule has 0 bridgehead atoms. The number of nitrogens with one attached hydrogen (secondary N) is 1. The van der Waals surface area contributed by atoms with Gasteiger partial charge in [0.25, 0.3) is 0 Å². The van der Waals surface area contributed by atoms with Gasteiger partial charge in [-0.25, -0.2) is 0 Å². The zero-order valence-electron chi connectivity index (χ0n) is 19.7. The maximum Gasteiger partial charge on any atom is 0.162 e. The third kappa shape index (κ3) is 4.07. The summed E-state index contributed by atoms with van der Waals surface area (Å²) in [6, 6.07) is 13.0. The molecule has 31 heavy (non-hydrogen) atoms. The van der Waals surface area contributed by atoms with Crippen molar-refractivity contribution in [2.24, 2.45) is 5.41 Å². The monoisotopic (exact) mass is 480 g/mol. The average Bonchev–Trinajstić information content (AvgIpc) is 2.64. The molecule has 4 heteroatoms. The van der Waals surface area contributed by atoms with Gasteiger partial charge in [0.05, 0.1) is 11.7 Å². The predicted molar refractivity (Wildman–Crippen MR) is 135 cm³/mol. The maximum atomic E-state index is 13.5. The fourth-order valence-corrected chi connectivity index (χ4v) is 5.59. The number of Topliss-reactive ketones (excluding diaryl/α,β-unsaturated/α-hetero) is 1. The molecule has 0 spiro atoms. The van der Waals surface area contributed by atoms with Crippen LogP contribution in [0.25, 0.3) is 5.57 Å². The number of hydrogen-bond donors (Lipinski definition) is 1. The molecule has 0 radical (unpaired) electrons. The molecule has 0 fully saturated rings. The van der Waals surface area contributed by atoms with Gasteiger partial charge in [0.15, 0.2) is 5.78 Å². The first-order valence-corrected chi connectivity index (χ1v) is 11.8. The maximum absolute atomic E-state index is 13.5. The molecule has 0 amide bonds. The highest BCUT2D eigenvalue weighted by atomic mass is 79.9. The van der Waals surface area contributed by atoms with Crippen LogP contribution in [0.4, 0.5) is 11.4 Å². The number of fused-ring (bicyclic) bond motifs is 2. The number of benzene rings is 2. The molecule has 1 unspecified atom stereocenters. The zero-order valence-corrected chi connectivity index (χ0v) is 21.3. The van der Waals surface area contributed by atoms with E-state index >= 15 is 0 Å². The summed E-state index contributed by atoms with van der Waals surface area (Å²) in [5.74, 6) is 0.267. The van der Waals surface area contributed by atoms with Crippen LogP contribution in [0.3, 0.4) is 0 Å². The number of anilines is 2. The van der Waals surface area contributed by atoms with Crippen molar-refractivity contribution < 1.29 is 4.79 Å². The lowest BCUT2D eigenvalue weighted by Gasteiger charge is -2.40. The summed E-state index contributed by atoms with van der Waals surface area (Å²) in [7, 11) is 4.07. The third-order valence-electron chi connectivity index (χ3n) is 6.51. The van der Waals surface area contributed by atoms with E-state index in [0.717, 1.165) is 33.4 Å². The number of nitrogens with zero attached hydrogens (tertiary/aromatic N) is 1. The van der Waals surface area contributed by atoms with E-state index in [1.807, 2.05) is 14.1 Å². The van der Waals surface area contributed by atoms with E-state index in [9.17, 15) is 4.79 Å². The fourth-order valence-electron chi connectivity index (χ4n) is 4.84. The molecular formula is C27H33BrN2O. The van der Waals surface area contributed by atoms with Crippen molar-refractivity contribution in [3.05, 3.63) is 63.1 Å². The van der Waals surface area contributed by atoms with Gasteiger partial charge in [-0.05, 0) is 74.1 Å². The molecular weight excluding hydrogens is 448 g/mol. The van der Waals surface area contributed by atoms with Crippen molar-refractivity contribution in [3.8, 4) is 0 Å². The zero-order chi connectivity index (χ0) is 22.7. The Labute approximate surface area is 195 Å². The lowest BCUT2D eigenvalue weighted by Crippen LogP contribution is -2.33. The summed E-state index contributed by atoms with van der Waals surface area (Å²) in [5.41, 5.74) is 8.06. The summed E-state index contributed by atoms with van der Waals surface area (Å²) >= 11 is 3.73. The number of rotatable bonds is 2.